The second-order valence-electron chi connectivity index (χ2n) is 5.72. The van der Waals surface area contributed by atoms with Crippen LogP contribution in [0, 0.1) is 0 Å². The van der Waals surface area contributed by atoms with Crippen molar-refractivity contribution in [1.29, 1.82) is 0 Å². The number of para-hydroxylation sites is 1. The highest BCUT2D eigenvalue weighted by Gasteiger charge is 2.39. The Kier molecular flexibility index (Phi) is 2.31. The van der Waals surface area contributed by atoms with Crippen LogP contribution in [0.15, 0.2) is 24.3 Å². The summed E-state index contributed by atoms with van der Waals surface area (Å²) in [6.45, 7) is 0.776. The van der Waals surface area contributed by atoms with E-state index in [0.717, 1.165) is 30.3 Å². The quantitative estimate of drug-likeness (QED) is 0.736. The highest BCUT2D eigenvalue weighted by molar-refractivity contribution is 6.18. The van der Waals surface area contributed by atoms with Gasteiger partial charge in [-0.3, -0.25) is 9.59 Å². The molecule has 0 N–H and O–H groups in total. The van der Waals surface area contributed by atoms with Crippen molar-refractivity contribution in [1.82, 2.24) is 9.47 Å². The monoisotopic (exact) mass is 268 g/mol. The third-order valence-corrected chi connectivity index (χ3v) is 4.65. The maximum absolute atomic E-state index is 12.8. The van der Waals surface area contributed by atoms with E-state index in [1.807, 2.05) is 40.8 Å². The van der Waals surface area contributed by atoms with Gasteiger partial charge in [-0.25, -0.2) is 0 Å². The van der Waals surface area contributed by atoms with Gasteiger partial charge in [-0.05, 0) is 18.9 Å². The molecule has 1 atom stereocenters. The fraction of sp³-hybridized carbons (Fsp3) is 0.375. The molecule has 1 saturated heterocycles. The normalized spacial score (nSPS) is 22.1. The Morgan fingerprint density at radius 2 is 2.00 bits per heavy atom. The van der Waals surface area contributed by atoms with Crippen LogP contribution >= 0.6 is 0 Å². The highest BCUT2D eigenvalue weighted by Crippen LogP contribution is 2.34. The standard InChI is InChI=1S/C16H16N2O2/c1-17-12-7-3-2-6-11(12)14-13(19)9-10-5-4-8-18(10)16(20)15(14)17/h2-3,6-7,10H,4-5,8-9H2,1H3. The first-order valence-corrected chi connectivity index (χ1v) is 7.10. The molecule has 0 saturated carbocycles. The lowest BCUT2D eigenvalue weighted by molar-refractivity contribution is 0.0726. The van der Waals surface area contributed by atoms with Crippen LogP contribution in [0.4, 0.5) is 0 Å². The average molecular weight is 268 g/mol. The Labute approximate surface area is 117 Å². The van der Waals surface area contributed by atoms with E-state index in [0.29, 0.717) is 17.7 Å². The van der Waals surface area contributed by atoms with E-state index in [1.165, 1.54) is 0 Å². The molecule has 2 aromatic rings. The number of hydrogen-bond donors (Lipinski definition) is 0. The predicted octanol–water partition coefficient (Wildman–Crippen LogP) is 2.37. The molecule has 1 amide bonds. The number of amides is 1. The SMILES string of the molecule is Cn1c2c(c3ccccc31)C(=O)CC1CCCN1C2=O. The van der Waals surface area contributed by atoms with E-state index in [4.69, 9.17) is 0 Å². The van der Waals surface area contributed by atoms with Crippen LogP contribution in [0.1, 0.15) is 40.1 Å². The lowest BCUT2D eigenvalue weighted by atomic mass is 10.0. The third kappa shape index (κ3) is 1.36. The molecule has 0 spiro atoms. The maximum Gasteiger partial charge on any atom is 0.271 e. The van der Waals surface area contributed by atoms with Gasteiger partial charge in [0.2, 0.25) is 0 Å². The molecule has 1 aromatic heterocycles. The van der Waals surface area contributed by atoms with Gasteiger partial charge in [-0.1, -0.05) is 18.2 Å². The van der Waals surface area contributed by atoms with Gasteiger partial charge < -0.3 is 9.47 Å². The minimum Gasteiger partial charge on any atom is -0.339 e. The van der Waals surface area contributed by atoms with Crippen LogP contribution in [0.25, 0.3) is 10.9 Å². The molecule has 2 aliphatic rings. The van der Waals surface area contributed by atoms with Gasteiger partial charge in [-0.15, -0.1) is 0 Å². The fourth-order valence-electron chi connectivity index (χ4n) is 3.69. The molecule has 4 heteroatoms. The fourth-order valence-corrected chi connectivity index (χ4v) is 3.69. The zero-order valence-electron chi connectivity index (χ0n) is 11.4. The van der Waals surface area contributed by atoms with Crippen molar-refractivity contribution in [3.05, 3.63) is 35.5 Å². The molecule has 0 bridgehead atoms. The Morgan fingerprint density at radius 1 is 1.20 bits per heavy atom. The number of aromatic nitrogens is 1. The summed E-state index contributed by atoms with van der Waals surface area (Å²) >= 11 is 0. The summed E-state index contributed by atoms with van der Waals surface area (Å²) in [6.07, 6.45) is 2.42. The Hall–Kier alpha value is -2.10. The number of carbonyl (C=O) groups excluding carboxylic acids is 2. The van der Waals surface area contributed by atoms with E-state index in [2.05, 4.69) is 0 Å². The molecule has 20 heavy (non-hydrogen) atoms. The van der Waals surface area contributed by atoms with E-state index >= 15 is 0 Å². The zero-order chi connectivity index (χ0) is 13.9. The number of benzene rings is 1. The number of carbonyl (C=O) groups is 2. The number of nitrogens with zero attached hydrogens (tertiary/aromatic N) is 2. The molecule has 4 rings (SSSR count). The van der Waals surface area contributed by atoms with Crippen molar-refractivity contribution in [3.63, 3.8) is 0 Å². The number of fused-ring (bicyclic) bond motifs is 4. The van der Waals surface area contributed by atoms with Crippen LogP contribution in [0.5, 0.6) is 0 Å². The van der Waals surface area contributed by atoms with Crippen molar-refractivity contribution in [2.45, 2.75) is 25.3 Å². The topological polar surface area (TPSA) is 42.3 Å². The van der Waals surface area contributed by atoms with E-state index in [9.17, 15) is 9.59 Å². The molecule has 1 unspecified atom stereocenters. The molecule has 4 nitrogen and oxygen atoms in total. The lowest BCUT2D eigenvalue weighted by Crippen LogP contribution is -2.35. The summed E-state index contributed by atoms with van der Waals surface area (Å²) in [6, 6.07) is 7.87. The van der Waals surface area contributed by atoms with Gasteiger partial charge in [0, 0.05) is 37.0 Å². The first-order valence-electron chi connectivity index (χ1n) is 7.10. The second kappa shape index (κ2) is 3.95. The van der Waals surface area contributed by atoms with Crippen molar-refractivity contribution >= 4 is 22.6 Å². The van der Waals surface area contributed by atoms with E-state index in [1.54, 1.807) is 0 Å². The smallest absolute Gasteiger partial charge is 0.271 e. The third-order valence-electron chi connectivity index (χ3n) is 4.65. The summed E-state index contributed by atoms with van der Waals surface area (Å²) in [5.41, 5.74) is 2.15. The molecule has 0 radical (unpaired) electrons. The first-order chi connectivity index (χ1) is 9.68. The summed E-state index contributed by atoms with van der Waals surface area (Å²) in [5.74, 6) is 0.131. The molecule has 3 heterocycles. The van der Waals surface area contributed by atoms with Crippen molar-refractivity contribution in [2.75, 3.05) is 6.54 Å². The van der Waals surface area contributed by atoms with Gasteiger partial charge in [0.05, 0.1) is 5.56 Å². The summed E-state index contributed by atoms with van der Waals surface area (Å²) in [7, 11) is 1.88. The summed E-state index contributed by atoms with van der Waals surface area (Å²) in [5, 5.41) is 0.907. The van der Waals surface area contributed by atoms with Gasteiger partial charge >= 0.3 is 0 Å². The minimum atomic E-state index is 0.0204. The van der Waals surface area contributed by atoms with Gasteiger partial charge in [0.25, 0.3) is 5.91 Å². The molecule has 2 aliphatic heterocycles. The second-order valence-corrected chi connectivity index (χ2v) is 5.72. The molecular weight excluding hydrogens is 252 g/mol. The van der Waals surface area contributed by atoms with Gasteiger partial charge in [0.1, 0.15) is 5.69 Å². The lowest BCUT2D eigenvalue weighted by Gasteiger charge is -2.21. The summed E-state index contributed by atoms with van der Waals surface area (Å²) < 4.78 is 1.88. The van der Waals surface area contributed by atoms with Crippen LogP contribution in [0.2, 0.25) is 0 Å². The minimum absolute atomic E-state index is 0.0204. The molecule has 102 valence electrons. The number of ketones is 1. The zero-order valence-corrected chi connectivity index (χ0v) is 11.4. The molecule has 0 aliphatic carbocycles. The first kappa shape index (κ1) is 11.7. The molecular formula is C16H16N2O2. The van der Waals surface area contributed by atoms with Crippen molar-refractivity contribution in [3.8, 4) is 0 Å². The van der Waals surface area contributed by atoms with Crippen LogP contribution in [-0.4, -0.2) is 33.7 Å². The van der Waals surface area contributed by atoms with Gasteiger partial charge in [0.15, 0.2) is 5.78 Å². The molecule has 1 aromatic carbocycles. The van der Waals surface area contributed by atoms with E-state index in [-0.39, 0.29) is 17.7 Å². The van der Waals surface area contributed by atoms with Crippen LogP contribution in [-0.2, 0) is 7.05 Å². The Bertz CT molecular complexity index is 744. The number of Topliss-reactive ketones (excluding diaryl/α,β-unsaturated/α-hetero) is 1. The summed E-state index contributed by atoms with van der Waals surface area (Å²) in [4.78, 5) is 27.3. The highest BCUT2D eigenvalue weighted by atomic mass is 16.2. The Morgan fingerprint density at radius 3 is 2.85 bits per heavy atom. The maximum atomic E-state index is 12.8. The van der Waals surface area contributed by atoms with E-state index < -0.39 is 0 Å². The Balaban J connectivity index is 2.04. The van der Waals surface area contributed by atoms with Crippen molar-refractivity contribution < 1.29 is 9.59 Å². The predicted molar refractivity (Wildman–Crippen MR) is 75.9 cm³/mol. The van der Waals surface area contributed by atoms with Gasteiger partial charge in [-0.2, -0.15) is 0 Å². The largest absolute Gasteiger partial charge is 0.339 e. The molecule has 1 fully saturated rings. The number of aryl methyl sites for hydroxylation is 1. The van der Waals surface area contributed by atoms with Crippen LogP contribution < -0.4 is 0 Å². The average Bonchev–Trinajstić information content (AvgIpc) is 2.99. The van der Waals surface area contributed by atoms with Crippen molar-refractivity contribution in [2.24, 2.45) is 7.05 Å². The number of rotatable bonds is 0. The van der Waals surface area contributed by atoms with Crippen LogP contribution in [0.3, 0.4) is 0 Å². The number of hydrogen-bond acceptors (Lipinski definition) is 2.